The van der Waals surface area contributed by atoms with Crippen molar-refractivity contribution >= 4 is 11.6 Å². The lowest BCUT2D eigenvalue weighted by molar-refractivity contribution is -0.132. The summed E-state index contributed by atoms with van der Waals surface area (Å²) in [6.07, 6.45) is 4.34. The molecule has 1 aliphatic rings. The van der Waals surface area contributed by atoms with Crippen LogP contribution < -0.4 is 0 Å². The third-order valence-electron chi connectivity index (χ3n) is 4.17. The Labute approximate surface area is 125 Å². The highest BCUT2D eigenvalue weighted by molar-refractivity contribution is 5.78. The van der Waals surface area contributed by atoms with E-state index in [1.54, 1.807) is 0 Å². The molecule has 1 aliphatic heterocycles. The van der Waals surface area contributed by atoms with Gasteiger partial charge in [0.1, 0.15) is 5.65 Å². The van der Waals surface area contributed by atoms with E-state index in [9.17, 15) is 4.79 Å². The predicted octanol–water partition coefficient (Wildman–Crippen LogP) is 1.35. The monoisotopic (exact) mass is 286 g/mol. The number of likely N-dealkylation sites (N-methyl/N-ethyl adjacent to an activating group) is 1. The number of nitrogens with zero attached hydrogens (tertiary/aromatic N) is 4. The maximum Gasteiger partial charge on any atom is 0.228 e. The topological polar surface area (TPSA) is 40.9 Å². The number of fused-ring (bicyclic) bond motifs is 1. The highest BCUT2D eigenvalue weighted by atomic mass is 16.2. The molecular formula is C16H22N4O. The molecule has 1 fully saturated rings. The summed E-state index contributed by atoms with van der Waals surface area (Å²) in [4.78, 5) is 21.2. The van der Waals surface area contributed by atoms with Crippen molar-refractivity contribution < 1.29 is 4.79 Å². The lowest BCUT2D eigenvalue weighted by Crippen LogP contribution is -2.48. The van der Waals surface area contributed by atoms with Crippen LogP contribution in [0.5, 0.6) is 0 Å². The van der Waals surface area contributed by atoms with Crippen LogP contribution in [-0.4, -0.2) is 57.8 Å². The minimum absolute atomic E-state index is 0.186. The minimum atomic E-state index is 0.186. The van der Waals surface area contributed by atoms with Crippen molar-refractivity contribution in [1.29, 1.82) is 0 Å². The number of amides is 1. The Morgan fingerprint density at radius 2 is 2.05 bits per heavy atom. The first kappa shape index (κ1) is 14.1. The molecule has 3 rings (SSSR count). The van der Waals surface area contributed by atoms with Gasteiger partial charge in [0.15, 0.2) is 0 Å². The molecule has 0 aromatic carbocycles. The Kier molecular flexibility index (Phi) is 3.92. The molecule has 0 atom stereocenters. The molecule has 0 radical (unpaired) electrons. The summed E-state index contributed by atoms with van der Waals surface area (Å²) in [5, 5.41) is 0. The second-order valence-electron chi connectivity index (χ2n) is 5.69. The van der Waals surface area contributed by atoms with E-state index in [2.05, 4.69) is 16.8 Å². The Hall–Kier alpha value is -1.88. The first-order valence-corrected chi connectivity index (χ1v) is 7.60. The number of pyridine rings is 1. The summed E-state index contributed by atoms with van der Waals surface area (Å²) >= 11 is 0. The van der Waals surface area contributed by atoms with Crippen molar-refractivity contribution in [2.45, 2.75) is 20.3 Å². The zero-order chi connectivity index (χ0) is 14.8. The predicted molar refractivity (Wildman–Crippen MR) is 82.3 cm³/mol. The zero-order valence-electron chi connectivity index (χ0n) is 12.7. The molecule has 2 aromatic heterocycles. The summed E-state index contributed by atoms with van der Waals surface area (Å²) in [7, 11) is 0. The van der Waals surface area contributed by atoms with Crippen molar-refractivity contribution in [3.05, 3.63) is 35.8 Å². The van der Waals surface area contributed by atoms with Gasteiger partial charge in [0.05, 0.1) is 12.1 Å². The van der Waals surface area contributed by atoms with Crippen LogP contribution in [0.15, 0.2) is 24.5 Å². The molecule has 112 valence electrons. The quantitative estimate of drug-likeness (QED) is 0.855. The average Bonchev–Trinajstić information content (AvgIpc) is 2.88. The van der Waals surface area contributed by atoms with Crippen molar-refractivity contribution in [1.82, 2.24) is 19.2 Å². The van der Waals surface area contributed by atoms with E-state index < -0.39 is 0 Å². The van der Waals surface area contributed by atoms with E-state index in [0.717, 1.165) is 44.1 Å². The van der Waals surface area contributed by atoms with Crippen LogP contribution in [0.1, 0.15) is 18.2 Å². The number of hydrogen-bond acceptors (Lipinski definition) is 3. The number of carbonyl (C=O) groups excluding carboxylic acids is 1. The molecule has 3 heterocycles. The van der Waals surface area contributed by atoms with Gasteiger partial charge in [0, 0.05) is 38.6 Å². The summed E-state index contributed by atoms with van der Waals surface area (Å²) in [6, 6.07) is 4.08. The fraction of sp³-hybridized carbons (Fsp3) is 0.500. The lowest BCUT2D eigenvalue weighted by Gasteiger charge is -2.34. The normalized spacial score (nSPS) is 16.6. The van der Waals surface area contributed by atoms with Gasteiger partial charge in [-0.2, -0.15) is 0 Å². The average molecular weight is 286 g/mol. The third kappa shape index (κ3) is 3.08. The second kappa shape index (κ2) is 5.85. The van der Waals surface area contributed by atoms with Gasteiger partial charge in [0.25, 0.3) is 0 Å². The minimum Gasteiger partial charge on any atom is -0.340 e. The van der Waals surface area contributed by atoms with Gasteiger partial charge in [-0.1, -0.05) is 6.92 Å². The summed E-state index contributed by atoms with van der Waals surface area (Å²) in [5.41, 5.74) is 2.94. The molecule has 0 bridgehead atoms. The van der Waals surface area contributed by atoms with Gasteiger partial charge in [-0.3, -0.25) is 4.79 Å². The molecule has 0 spiro atoms. The van der Waals surface area contributed by atoms with Crippen molar-refractivity contribution in [3.63, 3.8) is 0 Å². The van der Waals surface area contributed by atoms with Crippen LogP contribution in [0.2, 0.25) is 0 Å². The summed E-state index contributed by atoms with van der Waals surface area (Å²) in [5.74, 6) is 0.186. The number of piperazine rings is 1. The first-order valence-electron chi connectivity index (χ1n) is 7.60. The van der Waals surface area contributed by atoms with E-state index in [-0.39, 0.29) is 5.91 Å². The van der Waals surface area contributed by atoms with Crippen LogP contribution in [-0.2, 0) is 11.2 Å². The van der Waals surface area contributed by atoms with E-state index in [0.29, 0.717) is 6.42 Å². The molecule has 0 unspecified atom stereocenters. The Balaban J connectivity index is 1.66. The van der Waals surface area contributed by atoms with Gasteiger partial charge >= 0.3 is 0 Å². The van der Waals surface area contributed by atoms with Gasteiger partial charge < -0.3 is 14.2 Å². The molecule has 1 amide bonds. The molecule has 0 saturated carbocycles. The van der Waals surface area contributed by atoms with Gasteiger partial charge in [-0.05, 0) is 31.2 Å². The number of rotatable bonds is 3. The van der Waals surface area contributed by atoms with Crippen LogP contribution in [0.3, 0.4) is 0 Å². The molecular weight excluding hydrogens is 264 g/mol. The van der Waals surface area contributed by atoms with E-state index in [4.69, 9.17) is 0 Å². The molecule has 5 heteroatoms. The van der Waals surface area contributed by atoms with Crippen LogP contribution in [0.25, 0.3) is 5.65 Å². The number of carbonyl (C=O) groups is 1. The first-order chi connectivity index (χ1) is 10.2. The van der Waals surface area contributed by atoms with Gasteiger partial charge in [0.2, 0.25) is 5.91 Å². The van der Waals surface area contributed by atoms with Crippen LogP contribution in [0.4, 0.5) is 0 Å². The fourth-order valence-electron chi connectivity index (χ4n) is 2.80. The zero-order valence-corrected chi connectivity index (χ0v) is 12.7. The highest BCUT2D eigenvalue weighted by Crippen LogP contribution is 2.10. The Bertz CT molecular complexity index is 641. The van der Waals surface area contributed by atoms with Gasteiger partial charge in [-0.25, -0.2) is 4.98 Å². The van der Waals surface area contributed by atoms with Crippen LogP contribution in [0, 0.1) is 6.92 Å². The summed E-state index contributed by atoms with van der Waals surface area (Å²) < 4.78 is 1.98. The lowest BCUT2D eigenvalue weighted by atomic mass is 10.2. The molecule has 0 aliphatic carbocycles. The van der Waals surface area contributed by atoms with E-state index in [1.807, 2.05) is 40.8 Å². The maximum atomic E-state index is 12.4. The standard InChI is InChI=1S/C16H22N4O/c1-3-18-6-8-19(9-7-18)16(21)11-14-12-20-5-4-13(2)10-15(20)17-14/h4-5,10,12H,3,6-9,11H2,1-2H3. The molecule has 21 heavy (non-hydrogen) atoms. The largest absolute Gasteiger partial charge is 0.340 e. The molecule has 0 N–H and O–H groups in total. The van der Waals surface area contributed by atoms with Crippen molar-refractivity contribution in [2.75, 3.05) is 32.7 Å². The number of hydrogen-bond donors (Lipinski definition) is 0. The molecule has 2 aromatic rings. The number of imidazole rings is 1. The van der Waals surface area contributed by atoms with E-state index >= 15 is 0 Å². The Morgan fingerprint density at radius 3 is 2.76 bits per heavy atom. The summed E-state index contributed by atoms with van der Waals surface area (Å²) in [6.45, 7) is 8.90. The number of aromatic nitrogens is 2. The molecule has 5 nitrogen and oxygen atoms in total. The highest BCUT2D eigenvalue weighted by Gasteiger charge is 2.20. The van der Waals surface area contributed by atoms with Gasteiger partial charge in [-0.15, -0.1) is 0 Å². The van der Waals surface area contributed by atoms with Crippen LogP contribution >= 0.6 is 0 Å². The number of aryl methyl sites for hydroxylation is 1. The molecule has 1 saturated heterocycles. The third-order valence-corrected chi connectivity index (χ3v) is 4.17. The Morgan fingerprint density at radius 1 is 1.29 bits per heavy atom. The van der Waals surface area contributed by atoms with Crippen molar-refractivity contribution in [2.24, 2.45) is 0 Å². The second-order valence-corrected chi connectivity index (χ2v) is 5.69. The SMILES string of the molecule is CCN1CCN(C(=O)Cc2cn3ccc(C)cc3n2)CC1. The fourth-order valence-corrected chi connectivity index (χ4v) is 2.80. The maximum absolute atomic E-state index is 12.4. The van der Waals surface area contributed by atoms with E-state index in [1.165, 1.54) is 5.56 Å². The van der Waals surface area contributed by atoms with Crippen molar-refractivity contribution in [3.8, 4) is 0 Å². The smallest absolute Gasteiger partial charge is 0.228 e.